The molecule has 0 spiro atoms. The second-order valence-electron chi connectivity index (χ2n) is 8.18. The Labute approximate surface area is 183 Å². The van der Waals surface area contributed by atoms with Crippen molar-refractivity contribution in [2.75, 3.05) is 46.2 Å². The Balaban J connectivity index is 2.16. The third-order valence-corrected chi connectivity index (χ3v) is 5.94. The van der Waals surface area contributed by atoms with Gasteiger partial charge in [-0.1, -0.05) is 0 Å². The summed E-state index contributed by atoms with van der Waals surface area (Å²) in [6.45, 7) is -3.79. The fourth-order valence-electron chi connectivity index (χ4n) is 3.51. The summed E-state index contributed by atoms with van der Waals surface area (Å²) in [4.78, 5) is 0. The SMILES string of the molecule is OC[C@H]1O[C@@](COCCC(CO)(CO)CO)(O[C@H]2O[C@H](CO)[C@@H](O)[C@H](O)[C@H]2O)[C@@H](O)[C@@H]1O. The molecule has 10 N–H and O–H groups in total. The van der Waals surface area contributed by atoms with E-state index in [1.54, 1.807) is 0 Å². The molecule has 0 unspecified atom stereocenters. The Morgan fingerprint density at radius 1 is 0.750 bits per heavy atom. The largest absolute Gasteiger partial charge is 0.396 e. The fourth-order valence-corrected chi connectivity index (χ4v) is 3.51. The summed E-state index contributed by atoms with van der Waals surface area (Å²) in [5.41, 5.74) is -1.23. The zero-order chi connectivity index (χ0) is 24.1. The molecular weight excluding hydrogens is 440 g/mol. The Morgan fingerprint density at radius 2 is 1.34 bits per heavy atom. The summed E-state index contributed by atoms with van der Waals surface area (Å²) in [6, 6.07) is 0. The zero-order valence-corrected chi connectivity index (χ0v) is 17.4. The normalized spacial score (nSPS) is 40.7. The van der Waals surface area contributed by atoms with Crippen LogP contribution in [-0.2, 0) is 18.9 Å². The lowest BCUT2D eigenvalue weighted by molar-refractivity contribution is -0.385. The summed E-state index contributed by atoms with van der Waals surface area (Å²) in [5.74, 6) is -2.21. The van der Waals surface area contributed by atoms with Gasteiger partial charge in [-0.05, 0) is 6.42 Å². The summed E-state index contributed by atoms with van der Waals surface area (Å²) in [5, 5.41) is 97.7. The summed E-state index contributed by atoms with van der Waals surface area (Å²) in [6.07, 6.45) is -13.1. The molecule has 14 nitrogen and oxygen atoms in total. The predicted molar refractivity (Wildman–Crippen MR) is 101 cm³/mol. The van der Waals surface area contributed by atoms with Crippen molar-refractivity contribution in [1.82, 2.24) is 0 Å². The van der Waals surface area contributed by atoms with Gasteiger partial charge in [0.15, 0.2) is 6.29 Å². The first-order valence-electron chi connectivity index (χ1n) is 10.2. The van der Waals surface area contributed by atoms with Crippen molar-refractivity contribution in [3.05, 3.63) is 0 Å². The standard InChI is InChI=1S/C18H34O14/c19-3-9-11(24)13(26)14(27)16(30-9)32-18(15(28)12(25)10(4-20)31-18)8-29-2-1-17(5-21,6-22)7-23/h9-16,19-28H,1-8H2/t9-,10-,11-,12-,13+,14-,15+,16-,18+/m1/s1. The summed E-state index contributed by atoms with van der Waals surface area (Å²) >= 11 is 0. The number of aliphatic hydroxyl groups is 10. The van der Waals surface area contributed by atoms with Crippen molar-refractivity contribution < 1.29 is 70.0 Å². The van der Waals surface area contributed by atoms with Crippen LogP contribution in [0.5, 0.6) is 0 Å². The van der Waals surface area contributed by atoms with Gasteiger partial charge in [0.1, 0.15) is 49.3 Å². The van der Waals surface area contributed by atoms with Crippen LogP contribution in [0.15, 0.2) is 0 Å². The van der Waals surface area contributed by atoms with Gasteiger partial charge in [-0.3, -0.25) is 0 Å². The van der Waals surface area contributed by atoms with Crippen LogP contribution in [0.1, 0.15) is 6.42 Å². The van der Waals surface area contributed by atoms with Crippen molar-refractivity contribution in [3.63, 3.8) is 0 Å². The minimum absolute atomic E-state index is 0.00525. The highest BCUT2D eigenvalue weighted by Gasteiger charge is 2.58. The molecule has 0 aromatic carbocycles. The lowest BCUT2D eigenvalue weighted by Crippen LogP contribution is -2.62. The van der Waals surface area contributed by atoms with Gasteiger partial charge in [0, 0.05) is 12.0 Å². The molecule has 2 fully saturated rings. The molecule has 0 aromatic rings. The van der Waals surface area contributed by atoms with E-state index in [0.717, 1.165) is 0 Å². The van der Waals surface area contributed by atoms with Crippen molar-refractivity contribution in [2.45, 2.75) is 61.2 Å². The highest BCUT2D eigenvalue weighted by molar-refractivity contribution is 4.99. The number of hydrogen-bond acceptors (Lipinski definition) is 14. The lowest BCUT2D eigenvalue weighted by Gasteiger charge is -2.43. The third kappa shape index (κ3) is 5.56. The molecule has 0 amide bonds. The van der Waals surface area contributed by atoms with Crippen LogP contribution < -0.4 is 0 Å². The van der Waals surface area contributed by atoms with Crippen LogP contribution in [0.25, 0.3) is 0 Å². The molecule has 2 saturated heterocycles. The Kier molecular flexibility index (Phi) is 10.1. The molecule has 0 aliphatic carbocycles. The van der Waals surface area contributed by atoms with E-state index in [1.165, 1.54) is 0 Å². The second-order valence-corrected chi connectivity index (χ2v) is 8.18. The Morgan fingerprint density at radius 3 is 1.84 bits per heavy atom. The topological polar surface area (TPSA) is 239 Å². The molecule has 9 atom stereocenters. The quantitative estimate of drug-likeness (QED) is 0.118. The van der Waals surface area contributed by atoms with Crippen molar-refractivity contribution in [2.24, 2.45) is 5.41 Å². The van der Waals surface area contributed by atoms with Gasteiger partial charge in [-0.2, -0.15) is 0 Å². The van der Waals surface area contributed by atoms with E-state index < -0.39 is 99.9 Å². The minimum Gasteiger partial charge on any atom is -0.396 e. The van der Waals surface area contributed by atoms with Crippen LogP contribution >= 0.6 is 0 Å². The first-order valence-corrected chi connectivity index (χ1v) is 10.2. The molecule has 0 saturated carbocycles. The van der Waals surface area contributed by atoms with Crippen molar-refractivity contribution in [3.8, 4) is 0 Å². The molecule has 14 heteroatoms. The van der Waals surface area contributed by atoms with Gasteiger partial charge in [-0.15, -0.1) is 0 Å². The summed E-state index contributed by atoms with van der Waals surface area (Å²) in [7, 11) is 0. The number of aliphatic hydroxyl groups excluding tert-OH is 10. The number of rotatable bonds is 12. The van der Waals surface area contributed by atoms with Gasteiger partial charge in [-0.25, -0.2) is 0 Å². The van der Waals surface area contributed by atoms with Crippen molar-refractivity contribution in [1.29, 1.82) is 0 Å². The maximum Gasteiger partial charge on any atom is 0.224 e. The first-order chi connectivity index (χ1) is 15.1. The van der Waals surface area contributed by atoms with E-state index in [2.05, 4.69) is 0 Å². The molecule has 2 aliphatic rings. The van der Waals surface area contributed by atoms with E-state index >= 15 is 0 Å². The van der Waals surface area contributed by atoms with E-state index in [4.69, 9.17) is 18.9 Å². The average molecular weight is 474 g/mol. The Bertz CT molecular complexity index is 552. The molecule has 0 radical (unpaired) electrons. The van der Waals surface area contributed by atoms with E-state index in [0.29, 0.717) is 0 Å². The fraction of sp³-hybridized carbons (Fsp3) is 1.00. The van der Waals surface area contributed by atoms with Crippen LogP contribution in [-0.4, -0.2) is 152 Å². The lowest BCUT2D eigenvalue weighted by atomic mass is 9.88. The predicted octanol–water partition coefficient (Wildman–Crippen LogP) is -6.02. The zero-order valence-electron chi connectivity index (χ0n) is 17.4. The maximum atomic E-state index is 10.6. The maximum absolute atomic E-state index is 10.6. The first kappa shape index (κ1) is 27.7. The van der Waals surface area contributed by atoms with E-state index in [-0.39, 0.29) is 13.0 Å². The van der Waals surface area contributed by atoms with Crippen LogP contribution in [0, 0.1) is 5.41 Å². The molecule has 190 valence electrons. The van der Waals surface area contributed by atoms with Crippen LogP contribution in [0.2, 0.25) is 0 Å². The van der Waals surface area contributed by atoms with Gasteiger partial charge >= 0.3 is 0 Å². The van der Waals surface area contributed by atoms with Gasteiger partial charge < -0.3 is 70.0 Å². The molecular formula is C18H34O14. The highest BCUT2D eigenvalue weighted by atomic mass is 16.8. The highest BCUT2D eigenvalue weighted by Crippen LogP contribution is 2.36. The van der Waals surface area contributed by atoms with Gasteiger partial charge in [0.2, 0.25) is 5.79 Å². The number of hydrogen-bond donors (Lipinski definition) is 10. The van der Waals surface area contributed by atoms with E-state index in [1.807, 2.05) is 0 Å². The average Bonchev–Trinajstić information content (AvgIpc) is 3.05. The Hall–Kier alpha value is -0.560. The monoisotopic (exact) mass is 474 g/mol. The van der Waals surface area contributed by atoms with Crippen LogP contribution in [0.3, 0.4) is 0 Å². The van der Waals surface area contributed by atoms with Gasteiger partial charge in [0.25, 0.3) is 0 Å². The third-order valence-electron chi connectivity index (χ3n) is 5.94. The second kappa shape index (κ2) is 11.7. The van der Waals surface area contributed by atoms with Gasteiger partial charge in [0.05, 0.1) is 33.0 Å². The van der Waals surface area contributed by atoms with Crippen LogP contribution in [0.4, 0.5) is 0 Å². The van der Waals surface area contributed by atoms with E-state index in [9.17, 15) is 51.1 Å². The van der Waals surface area contributed by atoms with Crippen molar-refractivity contribution >= 4 is 0 Å². The number of ether oxygens (including phenoxy) is 4. The summed E-state index contributed by atoms with van der Waals surface area (Å²) < 4.78 is 21.7. The molecule has 2 heterocycles. The smallest absolute Gasteiger partial charge is 0.224 e. The molecule has 0 aromatic heterocycles. The molecule has 2 aliphatic heterocycles. The molecule has 32 heavy (non-hydrogen) atoms. The molecule has 2 rings (SSSR count). The minimum atomic E-state index is -2.21. The molecule has 0 bridgehead atoms.